The molecule has 3 rings (SSSR count). The van der Waals surface area contributed by atoms with Crippen LogP contribution in [-0.2, 0) is 19.1 Å². The molecule has 5 nitrogen and oxygen atoms in total. The lowest BCUT2D eigenvalue weighted by Crippen LogP contribution is -2.41. The van der Waals surface area contributed by atoms with Gasteiger partial charge in [0.1, 0.15) is 24.4 Å². The molecule has 1 saturated heterocycles. The molecule has 5 heteroatoms. The Morgan fingerprint density at radius 3 is 2.88 bits per heavy atom. The highest BCUT2D eigenvalue weighted by atomic mass is 16.6. The quantitative estimate of drug-likeness (QED) is 0.546. The van der Waals surface area contributed by atoms with E-state index in [1.165, 1.54) is 0 Å². The van der Waals surface area contributed by atoms with Gasteiger partial charge in [-0.3, -0.25) is 4.79 Å². The van der Waals surface area contributed by atoms with Crippen LogP contribution in [0.2, 0.25) is 0 Å². The molecule has 0 aromatic rings. The van der Waals surface area contributed by atoms with Crippen molar-refractivity contribution in [1.82, 2.24) is 0 Å². The molecule has 0 saturated carbocycles. The summed E-state index contributed by atoms with van der Waals surface area (Å²) in [7, 11) is 0. The van der Waals surface area contributed by atoms with E-state index in [1.54, 1.807) is 0 Å². The molecule has 0 amide bonds. The summed E-state index contributed by atoms with van der Waals surface area (Å²) in [4.78, 5) is 23.7. The molecule has 0 unspecified atom stereocenters. The van der Waals surface area contributed by atoms with E-state index in [-0.39, 0.29) is 17.5 Å². The monoisotopic (exact) mass is 238 g/mol. The van der Waals surface area contributed by atoms with Gasteiger partial charge in [0.15, 0.2) is 5.78 Å². The lowest BCUT2D eigenvalue weighted by molar-refractivity contribution is -0.148. The van der Waals surface area contributed by atoms with Gasteiger partial charge in [-0.2, -0.15) is 0 Å². The van der Waals surface area contributed by atoms with Gasteiger partial charge in [0, 0.05) is 12.0 Å². The average Bonchev–Trinajstić information content (AvgIpc) is 3.06. The number of hydrogen-bond donors (Lipinski definition) is 1. The largest absolute Gasteiger partial charge is 0.459 e. The normalized spacial score (nSPS) is 39.6. The van der Waals surface area contributed by atoms with Gasteiger partial charge in [0.2, 0.25) is 0 Å². The van der Waals surface area contributed by atoms with Crippen molar-refractivity contribution in [2.24, 2.45) is 0 Å². The van der Waals surface area contributed by atoms with E-state index in [2.05, 4.69) is 0 Å². The first-order chi connectivity index (χ1) is 8.13. The average molecular weight is 238 g/mol. The number of Topliss-reactive ketones (excluding diaryl/α,β-unsaturated/α-hetero) is 1. The fraction of sp³-hybridized carbons (Fsp3) is 0.667. The molecule has 0 bridgehead atoms. The number of rotatable bonds is 2. The number of epoxide rings is 1. The van der Waals surface area contributed by atoms with E-state index in [0.29, 0.717) is 12.0 Å². The second kappa shape index (κ2) is 3.65. The number of fused-ring (bicyclic) bond motifs is 1. The molecule has 4 atom stereocenters. The van der Waals surface area contributed by atoms with Gasteiger partial charge < -0.3 is 14.6 Å². The lowest BCUT2D eigenvalue weighted by Gasteiger charge is -2.29. The third-order valence-electron chi connectivity index (χ3n) is 3.55. The number of carbonyl (C=O) groups excluding carboxylic acids is 2. The highest BCUT2D eigenvalue weighted by molar-refractivity contribution is 6.10. The molecule has 2 aliphatic heterocycles. The Balaban J connectivity index is 1.94. The zero-order chi connectivity index (χ0) is 12.2. The maximum atomic E-state index is 11.9. The van der Waals surface area contributed by atoms with Crippen LogP contribution in [0.5, 0.6) is 0 Å². The SMILES string of the molecule is CCC[C@H]1CC2=C(C(=O)O1)[C@@H](O)[C@@H]1O[C@@H]1C2=O. The van der Waals surface area contributed by atoms with Gasteiger partial charge in [-0.1, -0.05) is 13.3 Å². The van der Waals surface area contributed by atoms with Crippen molar-refractivity contribution < 1.29 is 24.2 Å². The molecule has 3 aliphatic rings. The molecule has 0 spiro atoms. The van der Waals surface area contributed by atoms with E-state index >= 15 is 0 Å². The van der Waals surface area contributed by atoms with Crippen LogP contribution in [0.15, 0.2) is 11.1 Å². The van der Waals surface area contributed by atoms with Gasteiger partial charge in [-0.25, -0.2) is 4.79 Å². The van der Waals surface area contributed by atoms with Crippen LogP contribution < -0.4 is 0 Å². The zero-order valence-electron chi connectivity index (χ0n) is 9.51. The van der Waals surface area contributed by atoms with Crippen LogP contribution in [0.3, 0.4) is 0 Å². The molecule has 92 valence electrons. The Bertz CT molecular complexity index is 425. The Labute approximate surface area is 98.4 Å². The summed E-state index contributed by atoms with van der Waals surface area (Å²) in [5.74, 6) is -0.701. The van der Waals surface area contributed by atoms with Gasteiger partial charge >= 0.3 is 5.97 Å². The van der Waals surface area contributed by atoms with Crippen LogP contribution in [0.25, 0.3) is 0 Å². The topological polar surface area (TPSA) is 76.1 Å². The van der Waals surface area contributed by atoms with Gasteiger partial charge in [0.25, 0.3) is 0 Å². The van der Waals surface area contributed by atoms with Crippen molar-refractivity contribution >= 4 is 11.8 Å². The summed E-state index contributed by atoms with van der Waals surface area (Å²) in [6, 6.07) is 0. The van der Waals surface area contributed by atoms with Gasteiger partial charge in [0.05, 0.1) is 5.57 Å². The molecule has 1 N–H and O–H groups in total. The van der Waals surface area contributed by atoms with E-state index in [1.807, 2.05) is 6.92 Å². The minimum absolute atomic E-state index is 0.126. The number of esters is 1. The highest BCUT2D eigenvalue weighted by Gasteiger charge is 2.58. The van der Waals surface area contributed by atoms with Crippen LogP contribution in [0.4, 0.5) is 0 Å². The fourth-order valence-electron chi connectivity index (χ4n) is 2.64. The standard InChI is InChI=1S/C12H14O5/c1-2-3-5-4-6-7(12(15)16-5)9(14)11-10(17-11)8(6)13/h5,9-11,14H,2-4H2,1H3/t5-,9+,10+,11-/m0/s1. The van der Waals surface area contributed by atoms with Crippen molar-refractivity contribution in [2.75, 3.05) is 0 Å². The Hall–Kier alpha value is -1.20. The summed E-state index contributed by atoms with van der Waals surface area (Å²) in [5.41, 5.74) is 0.548. The van der Waals surface area contributed by atoms with Crippen LogP contribution in [-0.4, -0.2) is 41.3 Å². The minimum atomic E-state index is -0.997. The zero-order valence-corrected chi connectivity index (χ0v) is 9.51. The first-order valence-corrected chi connectivity index (χ1v) is 5.95. The molecule has 17 heavy (non-hydrogen) atoms. The number of ether oxygens (including phenoxy) is 2. The molecular weight excluding hydrogens is 224 g/mol. The lowest BCUT2D eigenvalue weighted by atomic mass is 9.83. The van der Waals surface area contributed by atoms with E-state index in [9.17, 15) is 14.7 Å². The summed E-state index contributed by atoms with van der Waals surface area (Å²) in [6.45, 7) is 2.00. The first-order valence-electron chi connectivity index (χ1n) is 5.95. The van der Waals surface area contributed by atoms with Crippen molar-refractivity contribution in [3.63, 3.8) is 0 Å². The van der Waals surface area contributed by atoms with E-state index < -0.39 is 24.3 Å². The minimum Gasteiger partial charge on any atom is -0.459 e. The van der Waals surface area contributed by atoms with Crippen LogP contribution in [0.1, 0.15) is 26.2 Å². The molecular formula is C12H14O5. The second-order valence-corrected chi connectivity index (χ2v) is 4.74. The third-order valence-corrected chi connectivity index (χ3v) is 3.55. The number of ketones is 1. The van der Waals surface area contributed by atoms with Crippen molar-refractivity contribution in [2.45, 2.75) is 50.6 Å². The number of aliphatic hydroxyl groups is 1. The number of carbonyl (C=O) groups is 2. The predicted molar refractivity (Wildman–Crippen MR) is 56.1 cm³/mol. The maximum absolute atomic E-state index is 11.9. The molecule has 0 aromatic carbocycles. The predicted octanol–water partition coefficient (Wildman–Crippen LogP) is 0.110. The van der Waals surface area contributed by atoms with Crippen molar-refractivity contribution in [1.29, 1.82) is 0 Å². The Morgan fingerprint density at radius 2 is 2.18 bits per heavy atom. The Morgan fingerprint density at radius 1 is 1.41 bits per heavy atom. The summed E-state index contributed by atoms with van der Waals surface area (Å²) < 4.78 is 10.3. The fourth-order valence-corrected chi connectivity index (χ4v) is 2.64. The Kier molecular flexibility index (Phi) is 2.34. The number of hydrogen-bond acceptors (Lipinski definition) is 5. The summed E-state index contributed by atoms with van der Waals surface area (Å²) in [6.07, 6.45) is -0.258. The number of cyclic esters (lactones) is 1. The van der Waals surface area contributed by atoms with Gasteiger partial charge in [-0.15, -0.1) is 0 Å². The van der Waals surface area contributed by atoms with Crippen molar-refractivity contribution in [3.8, 4) is 0 Å². The summed E-state index contributed by atoms with van der Waals surface area (Å²) >= 11 is 0. The number of aliphatic hydroxyl groups excluding tert-OH is 1. The summed E-state index contributed by atoms with van der Waals surface area (Å²) in [5, 5.41) is 9.88. The second-order valence-electron chi connectivity index (χ2n) is 4.74. The maximum Gasteiger partial charge on any atom is 0.337 e. The van der Waals surface area contributed by atoms with Crippen LogP contribution in [0, 0.1) is 0 Å². The third kappa shape index (κ3) is 1.53. The molecule has 0 aromatic heterocycles. The van der Waals surface area contributed by atoms with E-state index in [0.717, 1.165) is 12.8 Å². The molecule has 0 radical (unpaired) electrons. The smallest absolute Gasteiger partial charge is 0.337 e. The molecule has 1 aliphatic carbocycles. The highest BCUT2D eigenvalue weighted by Crippen LogP contribution is 2.42. The molecule has 2 heterocycles. The van der Waals surface area contributed by atoms with Crippen LogP contribution >= 0.6 is 0 Å². The van der Waals surface area contributed by atoms with Gasteiger partial charge in [-0.05, 0) is 6.42 Å². The first kappa shape index (κ1) is 10.9. The molecule has 1 fully saturated rings. The van der Waals surface area contributed by atoms with Crippen molar-refractivity contribution in [3.05, 3.63) is 11.1 Å². The van der Waals surface area contributed by atoms with E-state index in [4.69, 9.17) is 9.47 Å².